The van der Waals surface area contributed by atoms with E-state index in [1.54, 1.807) is 7.11 Å². The molecule has 0 aromatic heterocycles. The smallest absolute Gasteiger partial charge is 0.130 e. The van der Waals surface area contributed by atoms with Crippen molar-refractivity contribution in [3.8, 4) is 0 Å². The van der Waals surface area contributed by atoms with Crippen LogP contribution >= 0.6 is 0 Å². The highest BCUT2D eigenvalue weighted by molar-refractivity contribution is 5.62. The molecule has 0 N–H and O–H groups in total. The molecule has 0 aromatic rings. The lowest BCUT2D eigenvalue weighted by molar-refractivity contribution is -0.116. The highest BCUT2D eigenvalue weighted by Crippen LogP contribution is 2.31. The average Bonchev–Trinajstić information content (AvgIpc) is 2.10. The largest absolute Gasteiger partial charge is 0.373 e. The SMILES string of the molecule is COC1(C)C(C)=CC=CC1C=O. The van der Waals surface area contributed by atoms with E-state index in [2.05, 4.69) is 0 Å². The van der Waals surface area contributed by atoms with Gasteiger partial charge in [0.05, 0.1) is 11.5 Å². The third kappa shape index (κ3) is 1.23. The van der Waals surface area contributed by atoms with Crippen LogP contribution in [0.25, 0.3) is 0 Å². The quantitative estimate of drug-likeness (QED) is 0.584. The maximum Gasteiger partial charge on any atom is 0.130 e. The van der Waals surface area contributed by atoms with Gasteiger partial charge in [-0.1, -0.05) is 18.2 Å². The third-order valence-electron chi connectivity index (χ3n) is 2.65. The fraction of sp³-hybridized carbons (Fsp3) is 0.500. The van der Waals surface area contributed by atoms with Gasteiger partial charge in [-0.25, -0.2) is 0 Å². The zero-order valence-electron chi connectivity index (χ0n) is 7.70. The predicted molar refractivity (Wildman–Crippen MR) is 47.9 cm³/mol. The van der Waals surface area contributed by atoms with Crippen molar-refractivity contribution in [2.24, 2.45) is 5.92 Å². The van der Waals surface area contributed by atoms with Gasteiger partial charge in [0.25, 0.3) is 0 Å². The van der Waals surface area contributed by atoms with Gasteiger partial charge in [0.15, 0.2) is 0 Å². The van der Waals surface area contributed by atoms with E-state index in [1.807, 2.05) is 32.1 Å². The Morgan fingerprint density at radius 2 is 2.33 bits per heavy atom. The molecule has 0 fully saturated rings. The lowest BCUT2D eigenvalue weighted by Gasteiger charge is -2.34. The van der Waals surface area contributed by atoms with Crippen molar-refractivity contribution < 1.29 is 9.53 Å². The van der Waals surface area contributed by atoms with Crippen LogP contribution in [-0.2, 0) is 9.53 Å². The van der Waals surface area contributed by atoms with Crippen LogP contribution in [0.2, 0.25) is 0 Å². The molecule has 0 aromatic carbocycles. The fourth-order valence-electron chi connectivity index (χ4n) is 1.40. The zero-order valence-corrected chi connectivity index (χ0v) is 7.70. The number of hydrogen-bond acceptors (Lipinski definition) is 2. The van der Waals surface area contributed by atoms with Crippen molar-refractivity contribution in [2.45, 2.75) is 19.4 Å². The summed E-state index contributed by atoms with van der Waals surface area (Å²) >= 11 is 0. The number of aldehydes is 1. The lowest BCUT2D eigenvalue weighted by atomic mass is 9.80. The molecule has 2 nitrogen and oxygen atoms in total. The molecule has 2 atom stereocenters. The van der Waals surface area contributed by atoms with Crippen LogP contribution in [0.15, 0.2) is 23.8 Å². The van der Waals surface area contributed by atoms with E-state index in [0.29, 0.717) is 0 Å². The Hall–Kier alpha value is -0.890. The van der Waals surface area contributed by atoms with Gasteiger partial charge in [0, 0.05) is 7.11 Å². The van der Waals surface area contributed by atoms with Crippen LogP contribution in [0.3, 0.4) is 0 Å². The topological polar surface area (TPSA) is 26.3 Å². The second-order valence-electron chi connectivity index (χ2n) is 3.21. The van der Waals surface area contributed by atoms with E-state index in [4.69, 9.17) is 4.74 Å². The fourth-order valence-corrected chi connectivity index (χ4v) is 1.40. The third-order valence-corrected chi connectivity index (χ3v) is 2.65. The molecule has 2 heteroatoms. The van der Waals surface area contributed by atoms with E-state index >= 15 is 0 Å². The van der Waals surface area contributed by atoms with Crippen molar-refractivity contribution in [3.05, 3.63) is 23.8 Å². The van der Waals surface area contributed by atoms with Gasteiger partial charge in [-0.05, 0) is 19.4 Å². The molecule has 1 rings (SSSR count). The van der Waals surface area contributed by atoms with Crippen LogP contribution in [0, 0.1) is 5.92 Å². The second kappa shape index (κ2) is 3.23. The van der Waals surface area contributed by atoms with Gasteiger partial charge in [-0.3, -0.25) is 0 Å². The summed E-state index contributed by atoms with van der Waals surface area (Å²) < 4.78 is 5.34. The van der Waals surface area contributed by atoms with Gasteiger partial charge in [-0.2, -0.15) is 0 Å². The summed E-state index contributed by atoms with van der Waals surface area (Å²) in [6.45, 7) is 3.91. The van der Waals surface area contributed by atoms with E-state index in [9.17, 15) is 4.79 Å². The number of hydrogen-bond donors (Lipinski definition) is 0. The number of carbonyl (C=O) groups is 1. The van der Waals surface area contributed by atoms with Crippen LogP contribution in [-0.4, -0.2) is 19.0 Å². The van der Waals surface area contributed by atoms with Gasteiger partial charge < -0.3 is 9.53 Å². The van der Waals surface area contributed by atoms with Crippen molar-refractivity contribution in [1.29, 1.82) is 0 Å². The standard InChI is InChI=1S/C10H14O2/c1-8-5-4-6-9(7-11)10(8,2)12-3/h4-7,9H,1-3H3. The lowest BCUT2D eigenvalue weighted by Crippen LogP contribution is -2.39. The molecule has 12 heavy (non-hydrogen) atoms. The first-order chi connectivity index (χ1) is 5.65. The molecule has 0 spiro atoms. The Morgan fingerprint density at radius 1 is 1.67 bits per heavy atom. The first kappa shape index (κ1) is 9.20. The van der Waals surface area contributed by atoms with Crippen LogP contribution in [0.4, 0.5) is 0 Å². The summed E-state index contributed by atoms with van der Waals surface area (Å²) in [4.78, 5) is 10.7. The number of methoxy groups -OCH3 is 1. The van der Waals surface area contributed by atoms with Gasteiger partial charge in [-0.15, -0.1) is 0 Å². The molecule has 0 saturated heterocycles. The molecule has 0 bridgehead atoms. The minimum absolute atomic E-state index is 0.160. The molecular formula is C10H14O2. The first-order valence-corrected chi connectivity index (χ1v) is 4.01. The van der Waals surface area contributed by atoms with E-state index < -0.39 is 5.60 Å². The van der Waals surface area contributed by atoms with Crippen molar-refractivity contribution in [3.63, 3.8) is 0 Å². The van der Waals surface area contributed by atoms with E-state index in [0.717, 1.165) is 11.9 Å². The summed E-state index contributed by atoms with van der Waals surface area (Å²) in [5.41, 5.74) is 0.640. The highest BCUT2D eigenvalue weighted by atomic mass is 16.5. The predicted octanol–water partition coefficient (Wildman–Crippen LogP) is 1.72. The molecule has 0 heterocycles. The highest BCUT2D eigenvalue weighted by Gasteiger charge is 2.35. The molecule has 2 unspecified atom stereocenters. The van der Waals surface area contributed by atoms with Gasteiger partial charge >= 0.3 is 0 Å². The summed E-state index contributed by atoms with van der Waals surface area (Å²) in [6.07, 6.45) is 6.67. The molecule has 0 amide bonds. The second-order valence-corrected chi connectivity index (χ2v) is 3.21. The number of ether oxygens (including phenoxy) is 1. The van der Waals surface area contributed by atoms with Crippen molar-refractivity contribution in [1.82, 2.24) is 0 Å². The van der Waals surface area contributed by atoms with Gasteiger partial charge in [0.2, 0.25) is 0 Å². The molecule has 66 valence electrons. The monoisotopic (exact) mass is 166 g/mol. The average molecular weight is 166 g/mol. The summed E-state index contributed by atoms with van der Waals surface area (Å²) in [5.74, 6) is -0.160. The Bertz CT molecular complexity index is 240. The Labute approximate surface area is 72.9 Å². The number of allylic oxidation sites excluding steroid dienone is 2. The first-order valence-electron chi connectivity index (χ1n) is 4.01. The number of carbonyl (C=O) groups excluding carboxylic acids is 1. The Morgan fingerprint density at radius 3 is 2.75 bits per heavy atom. The van der Waals surface area contributed by atoms with Crippen LogP contribution in [0.5, 0.6) is 0 Å². The summed E-state index contributed by atoms with van der Waals surface area (Å²) in [5, 5.41) is 0. The molecule has 0 aliphatic heterocycles. The Balaban J connectivity index is 3.01. The Kier molecular flexibility index (Phi) is 2.48. The molecule has 1 aliphatic carbocycles. The number of rotatable bonds is 2. The summed E-state index contributed by atoms with van der Waals surface area (Å²) in [7, 11) is 1.63. The zero-order chi connectivity index (χ0) is 9.19. The van der Waals surface area contributed by atoms with E-state index in [-0.39, 0.29) is 5.92 Å². The van der Waals surface area contributed by atoms with Crippen LogP contribution in [0.1, 0.15) is 13.8 Å². The van der Waals surface area contributed by atoms with Gasteiger partial charge in [0.1, 0.15) is 6.29 Å². The molecule has 0 saturated carbocycles. The maximum atomic E-state index is 10.7. The van der Waals surface area contributed by atoms with Crippen LogP contribution < -0.4 is 0 Å². The molecule has 0 radical (unpaired) electrons. The maximum absolute atomic E-state index is 10.7. The minimum atomic E-state index is -0.448. The molecular weight excluding hydrogens is 152 g/mol. The van der Waals surface area contributed by atoms with E-state index in [1.165, 1.54) is 0 Å². The summed E-state index contributed by atoms with van der Waals surface area (Å²) in [6, 6.07) is 0. The van der Waals surface area contributed by atoms with Crippen molar-refractivity contribution >= 4 is 6.29 Å². The minimum Gasteiger partial charge on any atom is -0.373 e. The molecule has 1 aliphatic rings. The normalized spacial score (nSPS) is 34.6. The van der Waals surface area contributed by atoms with Crippen molar-refractivity contribution in [2.75, 3.05) is 7.11 Å².